The molecule has 0 spiro atoms. The molecular formula is C20H28N4O2. The number of fused-ring (bicyclic) bond motifs is 1. The minimum atomic E-state index is -0.514. The van der Waals surface area contributed by atoms with Crippen LogP contribution in [-0.4, -0.2) is 47.3 Å². The fourth-order valence-corrected chi connectivity index (χ4v) is 3.18. The molecule has 1 aliphatic carbocycles. The molecule has 6 heteroatoms. The van der Waals surface area contributed by atoms with Crippen LogP contribution in [0.3, 0.4) is 0 Å². The Morgan fingerprint density at radius 1 is 1.35 bits per heavy atom. The van der Waals surface area contributed by atoms with Crippen molar-refractivity contribution in [2.75, 3.05) is 26.0 Å². The molecular weight excluding hydrogens is 328 g/mol. The lowest BCUT2D eigenvalue weighted by Gasteiger charge is -2.17. The van der Waals surface area contributed by atoms with E-state index in [4.69, 9.17) is 4.74 Å². The van der Waals surface area contributed by atoms with Crippen LogP contribution in [0.2, 0.25) is 0 Å². The topological polar surface area (TPSA) is 59.4 Å². The molecule has 3 rings (SSSR count). The second-order valence-electron chi connectivity index (χ2n) is 7.08. The van der Waals surface area contributed by atoms with Crippen LogP contribution in [0.25, 0.3) is 0 Å². The van der Waals surface area contributed by atoms with Gasteiger partial charge in [-0.15, -0.1) is 0 Å². The van der Waals surface area contributed by atoms with E-state index in [2.05, 4.69) is 27.4 Å². The van der Waals surface area contributed by atoms with Gasteiger partial charge < -0.3 is 15.0 Å². The number of hydrogen-bond acceptors (Lipinski definition) is 4. The highest BCUT2D eigenvalue weighted by atomic mass is 16.5. The van der Waals surface area contributed by atoms with Gasteiger partial charge in [0.25, 0.3) is 5.91 Å². The normalized spacial score (nSPS) is 14.3. The van der Waals surface area contributed by atoms with Crippen LogP contribution in [-0.2, 0) is 24.2 Å². The van der Waals surface area contributed by atoms with E-state index in [9.17, 15) is 4.79 Å². The number of aromatic nitrogens is 2. The van der Waals surface area contributed by atoms with Crippen LogP contribution in [0.5, 0.6) is 5.75 Å². The second-order valence-corrected chi connectivity index (χ2v) is 7.08. The Morgan fingerprint density at radius 2 is 2.15 bits per heavy atom. The van der Waals surface area contributed by atoms with Gasteiger partial charge in [0.05, 0.1) is 18.4 Å². The van der Waals surface area contributed by atoms with Crippen molar-refractivity contribution in [2.24, 2.45) is 0 Å². The van der Waals surface area contributed by atoms with Crippen molar-refractivity contribution < 1.29 is 9.53 Å². The number of nitrogens with one attached hydrogen (secondary N) is 1. The third-order valence-electron chi connectivity index (χ3n) is 4.69. The molecule has 140 valence electrons. The molecule has 1 unspecified atom stereocenters. The maximum Gasteiger partial charge on any atom is 0.265 e. The fraction of sp³-hybridized carbons (Fsp3) is 0.500. The van der Waals surface area contributed by atoms with E-state index in [0.717, 1.165) is 31.7 Å². The van der Waals surface area contributed by atoms with E-state index in [1.807, 2.05) is 38.0 Å². The highest BCUT2D eigenvalue weighted by Gasteiger charge is 2.20. The van der Waals surface area contributed by atoms with Gasteiger partial charge in [0.15, 0.2) is 6.10 Å². The Kier molecular flexibility index (Phi) is 5.93. The standard InChI is InChI=1S/C20H28N4O2/c1-4-19(26-18-9-8-15-6-5-7-16(15)12-18)20(25)22-17-13-21-24(14-17)11-10-23(2)3/h8-9,12-14,19H,4-7,10-11H2,1-3H3,(H,22,25). The predicted molar refractivity (Wildman–Crippen MR) is 103 cm³/mol. The zero-order valence-corrected chi connectivity index (χ0v) is 15.9. The smallest absolute Gasteiger partial charge is 0.265 e. The van der Waals surface area contributed by atoms with Crippen LogP contribution in [0, 0.1) is 0 Å². The lowest BCUT2D eigenvalue weighted by atomic mass is 10.1. The zero-order chi connectivity index (χ0) is 18.5. The Morgan fingerprint density at radius 3 is 2.92 bits per heavy atom. The Balaban J connectivity index is 1.58. The molecule has 1 aromatic carbocycles. The molecule has 1 aliphatic rings. The number of carbonyl (C=O) groups excluding carboxylic acids is 1. The SMILES string of the molecule is CCC(Oc1ccc2c(c1)CCC2)C(=O)Nc1cnn(CCN(C)C)c1. The lowest BCUT2D eigenvalue weighted by Crippen LogP contribution is -2.32. The molecule has 1 heterocycles. The highest BCUT2D eigenvalue weighted by molar-refractivity contribution is 5.94. The van der Waals surface area contributed by atoms with Gasteiger partial charge in [0, 0.05) is 12.7 Å². The largest absolute Gasteiger partial charge is 0.481 e. The number of carbonyl (C=O) groups is 1. The average Bonchev–Trinajstić information content (AvgIpc) is 3.26. The van der Waals surface area contributed by atoms with Crippen molar-refractivity contribution in [3.05, 3.63) is 41.7 Å². The van der Waals surface area contributed by atoms with Gasteiger partial charge in [0.2, 0.25) is 0 Å². The summed E-state index contributed by atoms with van der Waals surface area (Å²) in [5, 5.41) is 7.20. The number of rotatable bonds is 8. The molecule has 0 fully saturated rings. The van der Waals surface area contributed by atoms with E-state index in [-0.39, 0.29) is 5.91 Å². The monoisotopic (exact) mass is 356 g/mol. The van der Waals surface area contributed by atoms with Gasteiger partial charge in [-0.05, 0) is 63.0 Å². The highest BCUT2D eigenvalue weighted by Crippen LogP contribution is 2.27. The number of anilines is 1. The third-order valence-corrected chi connectivity index (χ3v) is 4.69. The summed E-state index contributed by atoms with van der Waals surface area (Å²) in [6.07, 6.45) is 7.07. The van der Waals surface area contributed by atoms with Crippen LogP contribution in [0.1, 0.15) is 30.9 Å². The predicted octanol–water partition coefficient (Wildman–Crippen LogP) is 2.73. The first-order chi connectivity index (χ1) is 12.5. The summed E-state index contributed by atoms with van der Waals surface area (Å²) >= 11 is 0. The molecule has 0 saturated heterocycles. The third kappa shape index (κ3) is 4.64. The molecule has 2 aromatic rings. The van der Waals surface area contributed by atoms with E-state index >= 15 is 0 Å². The van der Waals surface area contributed by atoms with Gasteiger partial charge in [-0.25, -0.2) is 0 Å². The summed E-state index contributed by atoms with van der Waals surface area (Å²) in [6.45, 7) is 3.64. The van der Waals surface area contributed by atoms with Gasteiger partial charge >= 0.3 is 0 Å². The van der Waals surface area contributed by atoms with Crippen molar-refractivity contribution in [2.45, 2.75) is 45.3 Å². The van der Waals surface area contributed by atoms with Crippen molar-refractivity contribution in [1.29, 1.82) is 0 Å². The minimum absolute atomic E-state index is 0.139. The second kappa shape index (κ2) is 8.36. The molecule has 0 aliphatic heterocycles. The summed E-state index contributed by atoms with van der Waals surface area (Å²) in [7, 11) is 4.04. The van der Waals surface area contributed by atoms with Gasteiger partial charge in [0.1, 0.15) is 5.75 Å². The van der Waals surface area contributed by atoms with Crippen molar-refractivity contribution in [1.82, 2.24) is 14.7 Å². The van der Waals surface area contributed by atoms with E-state index in [0.29, 0.717) is 12.1 Å². The van der Waals surface area contributed by atoms with Gasteiger partial charge in [-0.1, -0.05) is 13.0 Å². The maximum absolute atomic E-state index is 12.6. The fourth-order valence-electron chi connectivity index (χ4n) is 3.18. The molecule has 1 amide bonds. The van der Waals surface area contributed by atoms with Crippen LogP contribution in [0.15, 0.2) is 30.6 Å². The molecule has 1 atom stereocenters. The Hall–Kier alpha value is -2.34. The number of amides is 1. The summed E-state index contributed by atoms with van der Waals surface area (Å²) in [6, 6.07) is 6.17. The van der Waals surface area contributed by atoms with Gasteiger partial charge in [-0.2, -0.15) is 5.10 Å². The number of benzene rings is 1. The molecule has 26 heavy (non-hydrogen) atoms. The van der Waals surface area contributed by atoms with Crippen molar-refractivity contribution >= 4 is 11.6 Å². The van der Waals surface area contributed by atoms with Crippen LogP contribution < -0.4 is 10.1 Å². The maximum atomic E-state index is 12.6. The number of hydrogen-bond donors (Lipinski definition) is 1. The number of nitrogens with zero attached hydrogens (tertiary/aromatic N) is 3. The van der Waals surface area contributed by atoms with E-state index in [1.165, 1.54) is 17.5 Å². The number of likely N-dealkylation sites (N-methyl/N-ethyl adjacent to an activating group) is 1. The molecule has 0 bridgehead atoms. The first kappa shape index (κ1) is 18.5. The van der Waals surface area contributed by atoms with Crippen molar-refractivity contribution in [3.63, 3.8) is 0 Å². The molecule has 0 saturated carbocycles. The Labute approximate surface area is 155 Å². The molecule has 6 nitrogen and oxygen atoms in total. The quantitative estimate of drug-likeness (QED) is 0.790. The van der Waals surface area contributed by atoms with E-state index in [1.54, 1.807) is 6.20 Å². The lowest BCUT2D eigenvalue weighted by molar-refractivity contribution is -0.122. The van der Waals surface area contributed by atoms with Gasteiger partial charge in [-0.3, -0.25) is 9.48 Å². The average molecular weight is 356 g/mol. The molecule has 0 radical (unpaired) electrons. The Bertz CT molecular complexity index is 754. The first-order valence-corrected chi connectivity index (χ1v) is 9.31. The zero-order valence-electron chi connectivity index (χ0n) is 15.9. The van der Waals surface area contributed by atoms with Crippen LogP contribution >= 0.6 is 0 Å². The number of aryl methyl sites for hydroxylation is 2. The molecule has 1 aromatic heterocycles. The first-order valence-electron chi connectivity index (χ1n) is 9.31. The summed E-state index contributed by atoms with van der Waals surface area (Å²) < 4.78 is 7.79. The molecule has 1 N–H and O–H groups in total. The summed E-state index contributed by atoms with van der Waals surface area (Å²) in [4.78, 5) is 14.7. The van der Waals surface area contributed by atoms with Crippen molar-refractivity contribution in [3.8, 4) is 5.75 Å². The summed E-state index contributed by atoms with van der Waals surface area (Å²) in [5.74, 6) is 0.634. The minimum Gasteiger partial charge on any atom is -0.481 e. The summed E-state index contributed by atoms with van der Waals surface area (Å²) in [5.41, 5.74) is 3.45. The number of ether oxygens (including phenoxy) is 1. The van der Waals surface area contributed by atoms with Crippen LogP contribution in [0.4, 0.5) is 5.69 Å². The van der Waals surface area contributed by atoms with E-state index < -0.39 is 6.10 Å².